The third-order valence-electron chi connectivity index (χ3n) is 5.27. The van der Waals surface area contributed by atoms with Crippen LogP contribution in [-0.4, -0.2) is 38.3 Å². The molecule has 1 atom stereocenters. The quantitative estimate of drug-likeness (QED) is 0.751. The maximum Gasteiger partial charge on any atom is 0.251 e. The van der Waals surface area contributed by atoms with Gasteiger partial charge in [0.15, 0.2) is 0 Å². The van der Waals surface area contributed by atoms with E-state index in [0.717, 1.165) is 24.8 Å². The summed E-state index contributed by atoms with van der Waals surface area (Å²) in [7, 11) is -3.51. The fourth-order valence-corrected chi connectivity index (χ4v) is 5.31. The lowest BCUT2D eigenvalue weighted by Crippen LogP contribution is -2.43. The summed E-state index contributed by atoms with van der Waals surface area (Å²) in [5.74, 6) is 0.532. The molecule has 0 saturated carbocycles. The minimum absolute atomic E-state index is 0.117. The molecule has 0 bridgehead atoms. The number of benzene rings is 2. The molecule has 3 rings (SSSR count). The van der Waals surface area contributed by atoms with Crippen LogP contribution in [0.5, 0.6) is 0 Å². The van der Waals surface area contributed by atoms with Gasteiger partial charge >= 0.3 is 0 Å². The highest BCUT2D eigenvalue weighted by atomic mass is 32.2. The van der Waals surface area contributed by atoms with Crippen molar-refractivity contribution in [3.63, 3.8) is 0 Å². The molecule has 0 aliphatic carbocycles. The summed E-state index contributed by atoms with van der Waals surface area (Å²) in [5.41, 5.74) is 1.77. The Balaban J connectivity index is 1.61. The van der Waals surface area contributed by atoms with Crippen molar-refractivity contribution in [1.29, 1.82) is 0 Å². The number of nitrogens with zero attached hydrogens (tertiary/aromatic N) is 1. The van der Waals surface area contributed by atoms with Gasteiger partial charge in [-0.15, -0.1) is 0 Å². The molecule has 0 aromatic heterocycles. The predicted octanol–water partition coefficient (Wildman–Crippen LogP) is 3.72. The summed E-state index contributed by atoms with van der Waals surface area (Å²) in [5, 5.41) is 2.95. The van der Waals surface area contributed by atoms with Crippen LogP contribution in [0.4, 0.5) is 0 Å². The van der Waals surface area contributed by atoms with Gasteiger partial charge in [-0.1, -0.05) is 44.2 Å². The number of carbonyl (C=O) groups excluding carboxylic acids is 1. The van der Waals surface area contributed by atoms with Gasteiger partial charge in [0, 0.05) is 25.2 Å². The first-order valence-corrected chi connectivity index (χ1v) is 11.7. The molecule has 1 amide bonds. The molecule has 1 aliphatic rings. The number of sulfonamides is 1. The topological polar surface area (TPSA) is 66.5 Å². The van der Waals surface area contributed by atoms with Gasteiger partial charge in [0.05, 0.1) is 4.90 Å². The first-order valence-electron chi connectivity index (χ1n) is 10.3. The average Bonchev–Trinajstić information content (AvgIpc) is 2.73. The fraction of sp³-hybridized carbons (Fsp3) is 0.435. The highest BCUT2D eigenvalue weighted by Gasteiger charge is 2.30. The first-order chi connectivity index (χ1) is 13.9. The zero-order valence-corrected chi connectivity index (χ0v) is 18.0. The van der Waals surface area contributed by atoms with Crippen LogP contribution in [0.3, 0.4) is 0 Å². The van der Waals surface area contributed by atoms with Gasteiger partial charge in [0.25, 0.3) is 5.91 Å². The number of carbonyl (C=O) groups is 1. The molecule has 2 aromatic rings. The van der Waals surface area contributed by atoms with Gasteiger partial charge in [0.2, 0.25) is 10.0 Å². The predicted molar refractivity (Wildman–Crippen MR) is 115 cm³/mol. The highest BCUT2D eigenvalue weighted by Crippen LogP contribution is 2.24. The monoisotopic (exact) mass is 414 g/mol. The smallest absolute Gasteiger partial charge is 0.251 e. The van der Waals surface area contributed by atoms with Crippen molar-refractivity contribution in [2.24, 2.45) is 11.8 Å². The van der Waals surface area contributed by atoms with Gasteiger partial charge in [-0.3, -0.25) is 4.79 Å². The second-order valence-corrected chi connectivity index (χ2v) is 10.1. The van der Waals surface area contributed by atoms with E-state index in [1.165, 1.54) is 0 Å². The summed E-state index contributed by atoms with van der Waals surface area (Å²) in [6.45, 7) is 5.74. The molecular formula is C23H30N2O3S. The van der Waals surface area contributed by atoms with Crippen LogP contribution in [0.1, 0.15) is 42.6 Å². The van der Waals surface area contributed by atoms with Crippen molar-refractivity contribution in [2.45, 2.75) is 38.0 Å². The molecule has 2 aromatic carbocycles. The largest absolute Gasteiger partial charge is 0.352 e. The van der Waals surface area contributed by atoms with Crippen molar-refractivity contribution >= 4 is 15.9 Å². The zero-order valence-electron chi connectivity index (χ0n) is 17.2. The number of piperidine rings is 1. The van der Waals surface area contributed by atoms with Crippen LogP contribution in [0.2, 0.25) is 0 Å². The van der Waals surface area contributed by atoms with E-state index < -0.39 is 10.0 Å². The van der Waals surface area contributed by atoms with Gasteiger partial charge in [0.1, 0.15) is 0 Å². The second kappa shape index (κ2) is 9.55. The Morgan fingerprint density at radius 2 is 1.79 bits per heavy atom. The Bertz CT molecular complexity index is 909. The van der Waals surface area contributed by atoms with E-state index in [0.29, 0.717) is 36.0 Å². The third-order valence-corrected chi connectivity index (χ3v) is 7.15. The number of hydrogen-bond acceptors (Lipinski definition) is 3. The van der Waals surface area contributed by atoms with Gasteiger partial charge in [-0.25, -0.2) is 8.42 Å². The van der Waals surface area contributed by atoms with Crippen LogP contribution < -0.4 is 5.32 Å². The maximum atomic E-state index is 13.1. The van der Waals surface area contributed by atoms with Gasteiger partial charge in [-0.05, 0) is 60.9 Å². The van der Waals surface area contributed by atoms with E-state index in [1.807, 2.05) is 30.3 Å². The summed E-state index contributed by atoms with van der Waals surface area (Å²) in [6, 6.07) is 16.3. The van der Waals surface area contributed by atoms with E-state index in [-0.39, 0.29) is 11.8 Å². The first kappa shape index (κ1) is 21.5. The number of rotatable bonds is 7. The van der Waals surface area contributed by atoms with Crippen LogP contribution in [0.15, 0.2) is 59.5 Å². The molecule has 1 fully saturated rings. The lowest BCUT2D eigenvalue weighted by molar-refractivity contribution is 0.0941. The molecule has 0 radical (unpaired) electrons. The molecule has 1 aliphatic heterocycles. The Kier molecular flexibility index (Phi) is 7.09. The molecule has 0 spiro atoms. The number of amides is 1. The molecule has 1 saturated heterocycles. The number of hydrogen-bond donors (Lipinski definition) is 1. The average molecular weight is 415 g/mol. The van der Waals surface area contributed by atoms with Crippen molar-refractivity contribution in [2.75, 3.05) is 19.6 Å². The molecular weight excluding hydrogens is 384 g/mol. The van der Waals surface area contributed by atoms with E-state index in [4.69, 9.17) is 0 Å². The normalized spacial score (nSPS) is 18.0. The number of nitrogens with one attached hydrogen (secondary N) is 1. The summed E-state index contributed by atoms with van der Waals surface area (Å²) >= 11 is 0. The minimum atomic E-state index is -3.51. The Morgan fingerprint density at radius 1 is 1.10 bits per heavy atom. The van der Waals surface area contributed by atoms with Gasteiger partial charge in [-0.2, -0.15) is 4.31 Å². The molecule has 29 heavy (non-hydrogen) atoms. The van der Waals surface area contributed by atoms with Crippen LogP contribution in [0, 0.1) is 11.8 Å². The maximum absolute atomic E-state index is 13.1. The molecule has 1 heterocycles. The Labute approximate surface area is 174 Å². The minimum Gasteiger partial charge on any atom is -0.352 e. The van der Waals surface area contributed by atoms with Crippen LogP contribution in [-0.2, 0) is 16.4 Å². The van der Waals surface area contributed by atoms with Crippen molar-refractivity contribution in [3.05, 3.63) is 65.7 Å². The van der Waals surface area contributed by atoms with Crippen molar-refractivity contribution in [1.82, 2.24) is 9.62 Å². The van der Waals surface area contributed by atoms with Crippen molar-refractivity contribution < 1.29 is 13.2 Å². The summed E-state index contributed by atoms with van der Waals surface area (Å²) in [6.07, 6.45) is 2.65. The Hall–Kier alpha value is -2.18. The molecule has 5 nitrogen and oxygen atoms in total. The van der Waals surface area contributed by atoms with Crippen LogP contribution >= 0.6 is 0 Å². The summed E-state index contributed by atoms with van der Waals surface area (Å²) in [4.78, 5) is 12.6. The Morgan fingerprint density at radius 3 is 2.45 bits per heavy atom. The van der Waals surface area contributed by atoms with Crippen molar-refractivity contribution in [3.8, 4) is 0 Å². The molecule has 0 unspecified atom stereocenters. The summed E-state index contributed by atoms with van der Waals surface area (Å²) < 4.78 is 27.7. The molecule has 156 valence electrons. The zero-order chi connectivity index (χ0) is 20.9. The second-order valence-electron chi connectivity index (χ2n) is 8.19. The van der Waals surface area contributed by atoms with E-state index >= 15 is 0 Å². The van der Waals surface area contributed by atoms with Crippen LogP contribution in [0.25, 0.3) is 0 Å². The lowest BCUT2D eigenvalue weighted by atomic mass is 9.99. The molecule has 6 heteroatoms. The van der Waals surface area contributed by atoms with Gasteiger partial charge < -0.3 is 5.32 Å². The SMILES string of the molecule is CC(C)Cc1ccc(S(=O)(=O)N2CCC[C@H](CNC(=O)c3ccccc3)C2)cc1. The fourth-order valence-electron chi connectivity index (χ4n) is 3.76. The standard InChI is InChI=1S/C23H30N2O3S/c1-18(2)15-19-10-12-22(13-11-19)29(27,28)25-14-6-7-20(17-25)16-24-23(26)21-8-4-3-5-9-21/h3-5,8-13,18,20H,6-7,14-17H2,1-2H3,(H,24,26)/t20-/m1/s1. The molecule has 1 N–H and O–H groups in total. The third kappa shape index (κ3) is 5.67. The van der Waals surface area contributed by atoms with E-state index in [9.17, 15) is 13.2 Å². The van der Waals surface area contributed by atoms with E-state index in [1.54, 1.807) is 28.6 Å². The van der Waals surface area contributed by atoms with E-state index in [2.05, 4.69) is 19.2 Å². The lowest BCUT2D eigenvalue weighted by Gasteiger charge is -2.32. The highest BCUT2D eigenvalue weighted by molar-refractivity contribution is 7.89.